The van der Waals surface area contributed by atoms with Crippen LogP contribution in [0.15, 0.2) is 12.1 Å². The van der Waals surface area contributed by atoms with E-state index in [0.717, 1.165) is 18.7 Å². The van der Waals surface area contributed by atoms with Crippen molar-refractivity contribution in [1.29, 1.82) is 0 Å². The molecule has 32 heavy (non-hydrogen) atoms. The molecule has 2 amide bonds. The van der Waals surface area contributed by atoms with Crippen molar-refractivity contribution in [3.63, 3.8) is 0 Å². The molecule has 2 heterocycles. The molecule has 0 unspecified atom stereocenters. The number of hydrogen-bond donors (Lipinski definition) is 0. The average Bonchev–Trinajstić information content (AvgIpc) is 2.84. The first kappa shape index (κ1) is 24.5. The van der Waals surface area contributed by atoms with Crippen LogP contribution in [0.25, 0.3) is 0 Å². The third kappa shape index (κ3) is 6.20. The highest BCUT2D eigenvalue weighted by atomic mass is 32.2. The Kier molecular flexibility index (Phi) is 9.31. The molecule has 178 valence electrons. The van der Waals surface area contributed by atoms with E-state index in [1.807, 2.05) is 21.9 Å². The van der Waals surface area contributed by atoms with E-state index in [4.69, 9.17) is 18.9 Å². The molecule has 0 atom stereocenters. The monoisotopic (exact) mass is 467 g/mol. The summed E-state index contributed by atoms with van der Waals surface area (Å²) in [6.07, 6.45) is 0. The van der Waals surface area contributed by atoms with Crippen molar-refractivity contribution in [2.24, 2.45) is 0 Å². The van der Waals surface area contributed by atoms with Gasteiger partial charge in [-0.1, -0.05) is 6.07 Å². The molecule has 2 saturated heterocycles. The van der Waals surface area contributed by atoms with Crippen LogP contribution in [0.2, 0.25) is 0 Å². The van der Waals surface area contributed by atoms with E-state index >= 15 is 0 Å². The summed E-state index contributed by atoms with van der Waals surface area (Å²) in [5, 5.41) is 0. The summed E-state index contributed by atoms with van der Waals surface area (Å²) < 4.78 is 21.7. The topological polar surface area (TPSA) is 80.8 Å². The van der Waals surface area contributed by atoms with Crippen molar-refractivity contribution in [1.82, 2.24) is 14.7 Å². The smallest absolute Gasteiger partial charge is 0.232 e. The number of nitrogens with zero attached hydrogens (tertiary/aromatic N) is 3. The Labute approximate surface area is 193 Å². The van der Waals surface area contributed by atoms with Crippen molar-refractivity contribution in [2.75, 3.05) is 85.3 Å². The van der Waals surface area contributed by atoms with E-state index in [2.05, 4.69) is 4.90 Å². The summed E-state index contributed by atoms with van der Waals surface area (Å²) in [5.74, 6) is 2.74. The molecule has 0 saturated carbocycles. The van der Waals surface area contributed by atoms with Crippen LogP contribution in [0.1, 0.15) is 5.56 Å². The number of benzene rings is 1. The highest BCUT2D eigenvalue weighted by Gasteiger charge is 2.24. The zero-order chi connectivity index (χ0) is 22.9. The second kappa shape index (κ2) is 12.2. The van der Waals surface area contributed by atoms with Crippen LogP contribution in [0.4, 0.5) is 0 Å². The predicted molar refractivity (Wildman–Crippen MR) is 123 cm³/mol. The van der Waals surface area contributed by atoms with E-state index in [0.29, 0.717) is 74.7 Å². The minimum absolute atomic E-state index is 0.0831. The van der Waals surface area contributed by atoms with Crippen LogP contribution >= 0.6 is 11.8 Å². The summed E-state index contributed by atoms with van der Waals surface area (Å²) in [7, 11) is 4.82. The van der Waals surface area contributed by atoms with E-state index in [-0.39, 0.29) is 11.8 Å². The van der Waals surface area contributed by atoms with Gasteiger partial charge in [0.25, 0.3) is 0 Å². The van der Waals surface area contributed by atoms with Gasteiger partial charge in [-0.15, -0.1) is 11.8 Å². The van der Waals surface area contributed by atoms with Gasteiger partial charge in [0.15, 0.2) is 11.5 Å². The minimum Gasteiger partial charge on any atom is -0.493 e. The molecule has 0 N–H and O–H groups in total. The highest BCUT2D eigenvalue weighted by Crippen LogP contribution is 2.40. The zero-order valence-corrected chi connectivity index (χ0v) is 19.9. The van der Waals surface area contributed by atoms with Crippen LogP contribution in [0, 0.1) is 0 Å². The van der Waals surface area contributed by atoms with Gasteiger partial charge in [0.05, 0.1) is 46.0 Å². The van der Waals surface area contributed by atoms with Gasteiger partial charge in [-0.3, -0.25) is 14.5 Å². The van der Waals surface area contributed by atoms with Crippen LogP contribution in [-0.2, 0) is 20.9 Å². The van der Waals surface area contributed by atoms with Crippen LogP contribution < -0.4 is 14.2 Å². The first-order valence-corrected chi connectivity index (χ1v) is 11.9. The number of thioether (sulfide) groups is 1. The van der Waals surface area contributed by atoms with Gasteiger partial charge in [0, 0.05) is 51.4 Å². The first-order valence-electron chi connectivity index (χ1n) is 10.8. The fraction of sp³-hybridized carbons (Fsp3) is 0.636. The second-order valence-electron chi connectivity index (χ2n) is 7.64. The number of piperazine rings is 1. The number of morpholine rings is 1. The second-order valence-corrected chi connectivity index (χ2v) is 8.62. The van der Waals surface area contributed by atoms with Crippen LogP contribution in [-0.4, -0.2) is 112 Å². The first-order chi connectivity index (χ1) is 15.6. The molecule has 1 aromatic carbocycles. The van der Waals surface area contributed by atoms with Crippen molar-refractivity contribution in [3.8, 4) is 17.2 Å². The standard InChI is InChI=1S/C22H33N3O6S/c1-28-18-5-4-17(21(29-2)22(18)30-3)14-23-6-8-24(9-7-23)19(26)15-32-16-20(27)25-10-12-31-13-11-25/h4-5H,6-16H2,1-3H3. The summed E-state index contributed by atoms with van der Waals surface area (Å²) in [4.78, 5) is 30.8. The maximum atomic E-state index is 12.6. The fourth-order valence-electron chi connectivity index (χ4n) is 3.90. The van der Waals surface area contributed by atoms with Crippen LogP contribution in [0.3, 0.4) is 0 Å². The maximum Gasteiger partial charge on any atom is 0.232 e. The summed E-state index contributed by atoms with van der Waals surface area (Å²) in [5.41, 5.74) is 1.02. The van der Waals surface area contributed by atoms with E-state index in [1.54, 1.807) is 21.3 Å². The Morgan fingerprint density at radius 2 is 1.44 bits per heavy atom. The number of carbonyl (C=O) groups excluding carboxylic acids is 2. The predicted octanol–water partition coefficient (Wildman–Crippen LogP) is 0.949. The molecule has 10 heteroatoms. The molecule has 1 aromatic rings. The van der Waals surface area contributed by atoms with Crippen molar-refractivity contribution in [3.05, 3.63) is 17.7 Å². The van der Waals surface area contributed by atoms with E-state index in [1.165, 1.54) is 11.8 Å². The van der Waals surface area contributed by atoms with Gasteiger partial charge in [-0.25, -0.2) is 0 Å². The van der Waals surface area contributed by atoms with Crippen molar-refractivity contribution >= 4 is 23.6 Å². The maximum absolute atomic E-state index is 12.6. The summed E-state index contributed by atoms with van der Waals surface area (Å²) >= 11 is 1.39. The molecule has 0 aromatic heterocycles. The normalized spacial score (nSPS) is 17.2. The molecule has 0 aliphatic carbocycles. The minimum atomic E-state index is 0.0831. The van der Waals surface area contributed by atoms with E-state index in [9.17, 15) is 9.59 Å². The van der Waals surface area contributed by atoms with Gasteiger partial charge >= 0.3 is 0 Å². The number of methoxy groups -OCH3 is 3. The third-order valence-electron chi connectivity index (χ3n) is 5.72. The molecule has 2 aliphatic heterocycles. The highest BCUT2D eigenvalue weighted by molar-refractivity contribution is 8.00. The SMILES string of the molecule is COc1ccc(CN2CCN(C(=O)CSCC(=O)N3CCOCC3)CC2)c(OC)c1OC. The Morgan fingerprint density at radius 3 is 2.00 bits per heavy atom. The lowest BCUT2D eigenvalue weighted by Crippen LogP contribution is -2.49. The lowest BCUT2D eigenvalue weighted by molar-refractivity contribution is -0.132. The molecule has 0 radical (unpaired) electrons. The molecule has 0 bridgehead atoms. The van der Waals surface area contributed by atoms with Crippen LogP contribution in [0.5, 0.6) is 17.2 Å². The fourth-order valence-corrected chi connectivity index (χ4v) is 4.72. The van der Waals surface area contributed by atoms with Crippen molar-refractivity contribution < 1.29 is 28.5 Å². The molecule has 3 rings (SSSR count). The number of rotatable bonds is 9. The van der Waals surface area contributed by atoms with Crippen molar-refractivity contribution in [2.45, 2.75) is 6.54 Å². The largest absolute Gasteiger partial charge is 0.493 e. The van der Waals surface area contributed by atoms with Gasteiger partial charge < -0.3 is 28.7 Å². The summed E-state index contributed by atoms with van der Waals surface area (Å²) in [6.45, 7) is 6.07. The van der Waals surface area contributed by atoms with Gasteiger partial charge in [0.2, 0.25) is 17.6 Å². The van der Waals surface area contributed by atoms with Gasteiger partial charge in [-0.2, -0.15) is 0 Å². The molecule has 2 fully saturated rings. The molecule has 2 aliphatic rings. The molecule has 0 spiro atoms. The lowest BCUT2D eigenvalue weighted by Gasteiger charge is -2.35. The Hall–Kier alpha value is -2.17. The van der Waals surface area contributed by atoms with Gasteiger partial charge in [-0.05, 0) is 6.07 Å². The quantitative estimate of drug-likeness (QED) is 0.531. The number of amides is 2. The Balaban J connectivity index is 1.44. The van der Waals surface area contributed by atoms with Gasteiger partial charge in [0.1, 0.15) is 0 Å². The molecular weight excluding hydrogens is 434 g/mol. The molecular formula is C22H33N3O6S. The number of carbonyl (C=O) groups is 2. The summed E-state index contributed by atoms with van der Waals surface area (Å²) in [6, 6.07) is 3.87. The Morgan fingerprint density at radius 1 is 0.844 bits per heavy atom. The third-order valence-corrected chi connectivity index (χ3v) is 6.62. The number of hydrogen-bond acceptors (Lipinski definition) is 8. The lowest BCUT2D eigenvalue weighted by atomic mass is 10.1. The van der Waals surface area contributed by atoms with E-state index < -0.39 is 0 Å². The Bertz CT molecular complexity index is 779. The average molecular weight is 468 g/mol. The number of ether oxygens (including phenoxy) is 4. The zero-order valence-electron chi connectivity index (χ0n) is 19.1. The molecule has 9 nitrogen and oxygen atoms in total.